The van der Waals surface area contributed by atoms with Gasteiger partial charge in [0.2, 0.25) is 0 Å². The van der Waals surface area contributed by atoms with Crippen molar-refractivity contribution in [3.63, 3.8) is 0 Å². The Bertz CT molecular complexity index is 389. The van der Waals surface area contributed by atoms with Crippen LogP contribution in [0.15, 0.2) is 18.2 Å². The summed E-state index contributed by atoms with van der Waals surface area (Å²) in [5.74, 6) is -0.182. The molecule has 0 aliphatic heterocycles. The molecule has 1 saturated carbocycles. The maximum absolute atomic E-state index is 13.7. The molecule has 3 heteroatoms. The van der Waals surface area contributed by atoms with Crippen LogP contribution in [0.25, 0.3) is 0 Å². The molecule has 0 spiro atoms. The van der Waals surface area contributed by atoms with E-state index in [4.69, 9.17) is 5.73 Å². The third kappa shape index (κ3) is 2.72. The number of hydrogen-bond acceptors (Lipinski definition) is 1. The summed E-state index contributed by atoms with van der Waals surface area (Å²) >= 11 is 0. The molecule has 0 amide bonds. The zero-order chi connectivity index (χ0) is 13.2. The summed E-state index contributed by atoms with van der Waals surface area (Å²) in [5, 5.41) is 0. The van der Waals surface area contributed by atoms with Crippen molar-refractivity contribution < 1.29 is 8.78 Å². The molecule has 0 saturated heterocycles. The highest BCUT2D eigenvalue weighted by Gasteiger charge is 2.34. The third-order valence-corrected chi connectivity index (χ3v) is 4.38. The van der Waals surface area contributed by atoms with Crippen molar-refractivity contribution in [2.75, 3.05) is 6.54 Å². The Morgan fingerprint density at radius 2 is 1.78 bits per heavy atom. The van der Waals surface area contributed by atoms with Crippen LogP contribution < -0.4 is 5.73 Å². The Balaban J connectivity index is 2.20. The van der Waals surface area contributed by atoms with Crippen molar-refractivity contribution in [2.24, 2.45) is 17.1 Å². The largest absolute Gasteiger partial charge is 0.330 e. The highest BCUT2D eigenvalue weighted by Crippen LogP contribution is 2.41. The molecule has 0 aromatic heterocycles. The van der Waals surface area contributed by atoms with E-state index in [-0.39, 0.29) is 11.0 Å². The lowest BCUT2D eigenvalue weighted by molar-refractivity contribution is 0.160. The quantitative estimate of drug-likeness (QED) is 0.874. The number of nitrogens with two attached hydrogens (primary N) is 1. The first-order valence-electron chi connectivity index (χ1n) is 6.69. The molecule has 0 heterocycles. The maximum Gasteiger partial charge on any atom is 0.129 e. The van der Waals surface area contributed by atoms with Gasteiger partial charge >= 0.3 is 0 Å². The van der Waals surface area contributed by atoms with Crippen molar-refractivity contribution in [1.29, 1.82) is 0 Å². The fourth-order valence-corrected chi connectivity index (χ4v) is 2.90. The van der Waals surface area contributed by atoms with Gasteiger partial charge in [-0.1, -0.05) is 25.8 Å². The van der Waals surface area contributed by atoms with E-state index in [1.165, 1.54) is 18.2 Å². The van der Waals surface area contributed by atoms with Crippen molar-refractivity contribution in [3.8, 4) is 0 Å². The highest BCUT2D eigenvalue weighted by atomic mass is 19.1. The van der Waals surface area contributed by atoms with Crippen molar-refractivity contribution >= 4 is 0 Å². The molecule has 18 heavy (non-hydrogen) atoms. The van der Waals surface area contributed by atoms with E-state index in [0.717, 1.165) is 25.7 Å². The van der Waals surface area contributed by atoms with E-state index < -0.39 is 11.6 Å². The van der Waals surface area contributed by atoms with E-state index in [1.54, 1.807) is 0 Å². The van der Waals surface area contributed by atoms with Gasteiger partial charge in [-0.15, -0.1) is 0 Å². The van der Waals surface area contributed by atoms with Gasteiger partial charge in [0.15, 0.2) is 0 Å². The smallest absolute Gasteiger partial charge is 0.129 e. The van der Waals surface area contributed by atoms with Crippen LogP contribution in [-0.2, 0) is 6.42 Å². The van der Waals surface area contributed by atoms with E-state index in [1.807, 2.05) is 0 Å². The van der Waals surface area contributed by atoms with E-state index in [9.17, 15) is 8.78 Å². The number of rotatable bonds is 3. The lowest BCUT2D eigenvalue weighted by Gasteiger charge is -2.39. The van der Waals surface area contributed by atoms with Crippen LogP contribution >= 0.6 is 0 Å². The maximum atomic E-state index is 13.7. The molecular formula is C15H21F2N. The second-order valence-corrected chi connectivity index (χ2v) is 5.76. The van der Waals surface area contributed by atoms with Crippen molar-refractivity contribution in [1.82, 2.24) is 0 Å². The van der Waals surface area contributed by atoms with Gasteiger partial charge in [-0.2, -0.15) is 0 Å². The molecule has 2 rings (SSSR count). The SMILES string of the molecule is CC1CCC(CN)(Cc2c(F)cccc2F)CC1. The highest BCUT2D eigenvalue weighted by molar-refractivity contribution is 5.21. The second kappa shape index (κ2) is 5.35. The van der Waals surface area contributed by atoms with Crippen LogP contribution in [0.5, 0.6) is 0 Å². The fourth-order valence-electron chi connectivity index (χ4n) is 2.90. The fraction of sp³-hybridized carbons (Fsp3) is 0.600. The summed E-state index contributed by atoms with van der Waals surface area (Å²) in [5.41, 5.74) is 5.98. The van der Waals surface area contributed by atoms with Crippen LogP contribution in [0.2, 0.25) is 0 Å². The summed E-state index contributed by atoms with van der Waals surface area (Å²) in [4.78, 5) is 0. The van der Waals surface area contributed by atoms with Crippen LogP contribution in [-0.4, -0.2) is 6.54 Å². The molecule has 0 radical (unpaired) electrons. The zero-order valence-corrected chi connectivity index (χ0v) is 10.9. The predicted octanol–water partition coefficient (Wildman–Crippen LogP) is 3.66. The van der Waals surface area contributed by atoms with Gasteiger partial charge in [0.25, 0.3) is 0 Å². The van der Waals surface area contributed by atoms with Crippen molar-refractivity contribution in [2.45, 2.75) is 39.0 Å². The summed E-state index contributed by atoms with van der Waals surface area (Å²) in [7, 11) is 0. The van der Waals surface area contributed by atoms with Crippen molar-refractivity contribution in [3.05, 3.63) is 35.4 Å². The molecule has 1 aromatic rings. The van der Waals surface area contributed by atoms with E-state index in [0.29, 0.717) is 18.9 Å². The van der Waals surface area contributed by atoms with Gasteiger partial charge in [-0.05, 0) is 49.3 Å². The first-order valence-corrected chi connectivity index (χ1v) is 6.69. The van der Waals surface area contributed by atoms with Crippen LogP contribution in [0, 0.1) is 23.0 Å². The van der Waals surface area contributed by atoms with Gasteiger partial charge in [0, 0.05) is 5.56 Å². The zero-order valence-electron chi connectivity index (χ0n) is 10.9. The Morgan fingerprint density at radius 3 is 2.28 bits per heavy atom. The molecule has 1 aliphatic rings. The Kier molecular flexibility index (Phi) is 4.00. The minimum absolute atomic E-state index is 0.116. The lowest BCUT2D eigenvalue weighted by Crippen LogP contribution is -2.37. The molecule has 1 aromatic carbocycles. The monoisotopic (exact) mass is 253 g/mol. The van der Waals surface area contributed by atoms with Crippen LogP contribution in [0.4, 0.5) is 8.78 Å². The van der Waals surface area contributed by atoms with Gasteiger partial charge in [0.1, 0.15) is 11.6 Å². The molecule has 100 valence electrons. The minimum Gasteiger partial charge on any atom is -0.330 e. The molecule has 2 N–H and O–H groups in total. The Morgan fingerprint density at radius 1 is 1.22 bits per heavy atom. The molecule has 1 fully saturated rings. The average molecular weight is 253 g/mol. The molecule has 0 atom stereocenters. The number of halogens is 2. The first kappa shape index (κ1) is 13.5. The third-order valence-electron chi connectivity index (χ3n) is 4.38. The van der Waals surface area contributed by atoms with Gasteiger partial charge in [-0.25, -0.2) is 8.78 Å². The second-order valence-electron chi connectivity index (χ2n) is 5.76. The normalized spacial score (nSPS) is 28.3. The average Bonchev–Trinajstić information content (AvgIpc) is 2.37. The van der Waals surface area contributed by atoms with Crippen LogP contribution in [0.1, 0.15) is 38.2 Å². The van der Waals surface area contributed by atoms with Gasteiger partial charge < -0.3 is 5.73 Å². The summed E-state index contributed by atoms with van der Waals surface area (Å²) in [6.45, 7) is 2.73. The number of benzene rings is 1. The molecule has 0 bridgehead atoms. The summed E-state index contributed by atoms with van der Waals surface area (Å²) in [6.07, 6.45) is 4.58. The lowest BCUT2D eigenvalue weighted by atomic mass is 9.68. The Labute approximate surface area is 107 Å². The molecule has 0 unspecified atom stereocenters. The van der Waals surface area contributed by atoms with Crippen LogP contribution in [0.3, 0.4) is 0 Å². The Hall–Kier alpha value is -0.960. The first-order chi connectivity index (χ1) is 8.56. The predicted molar refractivity (Wildman–Crippen MR) is 69.2 cm³/mol. The van der Waals surface area contributed by atoms with Gasteiger partial charge in [0.05, 0.1) is 0 Å². The standard InChI is InChI=1S/C15H21F2N/c1-11-5-7-15(10-18,8-6-11)9-12-13(16)3-2-4-14(12)17/h2-4,11H,5-10,18H2,1H3. The molecular weight excluding hydrogens is 232 g/mol. The van der Waals surface area contributed by atoms with E-state index >= 15 is 0 Å². The summed E-state index contributed by atoms with van der Waals surface area (Å²) in [6, 6.07) is 4.06. The summed E-state index contributed by atoms with van der Waals surface area (Å²) < 4.78 is 27.4. The topological polar surface area (TPSA) is 26.0 Å². The van der Waals surface area contributed by atoms with E-state index in [2.05, 4.69) is 6.92 Å². The minimum atomic E-state index is -0.443. The van der Waals surface area contributed by atoms with Gasteiger partial charge in [-0.3, -0.25) is 0 Å². The molecule has 1 nitrogen and oxygen atoms in total. The molecule has 1 aliphatic carbocycles. The number of hydrogen-bond donors (Lipinski definition) is 1.